The first-order valence-electron chi connectivity index (χ1n) is 9.92. The van der Waals surface area contributed by atoms with Crippen LogP contribution in [0.15, 0.2) is 78.9 Å². The zero-order valence-electron chi connectivity index (χ0n) is 17.7. The molecule has 1 heterocycles. The van der Waals surface area contributed by atoms with Crippen molar-refractivity contribution >= 4 is 23.3 Å². The second kappa shape index (κ2) is 8.87. The van der Waals surface area contributed by atoms with Crippen LogP contribution in [0.3, 0.4) is 0 Å². The molecule has 0 unspecified atom stereocenters. The second-order valence-electron chi connectivity index (χ2n) is 7.22. The first kappa shape index (κ1) is 20.4. The Labute approximate surface area is 181 Å². The van der Waals surface area contributed by atoms with Crippen LogP contribution >= 0.6 is 0 Å². The summed E-state index contributed by atoms with van der Waals surface area (Å²) >= 11 is 0. The van der Waals surface area contributed by atoms with E-state index in [1.807, 2.05) is 90.1 Å². The second-order valence-corrected chi connectivity index (χ2v) is 7.22. The largest absolute Gasteiger partial charge is 0.489 e. The summed E-state index contributed by atoms with van der Waals surface area (Å²) in [5.74, 6) is 1.86. The molecule has 0 aliphatic rings. The molecular formula is C24H24FN5O. The molecule has 0 N–H and O–H groups in total. The number of aromatic nitrogens is 3. The molecular weight excluding hydrogens is 393 g/mol. The Morgan fingerprint density at radius 1 is 0.774 bits per heavy atom. The summed E-state index contributed by atoms with van der Waals surface area (Å²) < 4.78 is 21.0. The minimum absolute atomic E-state index is 0.272. The van der Waals surface area contributed by atoms with Crippen molar-refractivity contribution in [2.75, 3.05) is 23.9 Å². The number of hydrogen-bond donors (Lipinski definition) is 0. The molecule has 0 aliphatic heterocycles. The molecule has 0 saturated heterocycles. The van der Waals surface area contributed by atoms with Crippen LogP contribution in [-0.2, 0) is 13.7 Å². The summed E-state index contributed by atoms with van der Waals surface area (Å²) in [6, 6.07) is 24.2. The molecule has 0 spiro atoms. The topological polar surface area (TPSA) is 46.4 Å². The van der Waals surface area contributed by atoms with E-state index in [0.29, 0.717) is 18.5 Å². The lowest BCUT2D eigenvalue weighted by molar-refractivity contribution is 0.306. The van der Waals surface area contributed by atoms with Gasteiger partial charge in [0.1, 0.15) is 18.2 Å². The van der Waals surface area contributed by atoms with E-state index in [9.17, 15) is 4.39 Å². The number of benzene rings is 3. The van der Waals surface area contributed by atoms with Crippen LogP contribution in [0, 0.1) is 5.82 Å². The maximum absolute atomic E-state index is 13.2. The molecule has 0 radical (unpaired) electrons. The van der Waals surface area contributed by atoms with E-state index in [0.717, 1.165) is 22.7 Å². The third-order valence-electron chi connectivity index (χ3n) is 5.12. The van der Waals surface area contributed by atoms with Crippen molar-refractivity contribution in [1.29, 1.82) is 0 Å². The average molecular weight is 417 g/mol. The summed E-state index contributed by atoms with van der Waals surface area (Å²) in [5.41, 5.74) is 2.91. The van der Waals surface area contributed by atoms with Gasteiger partial charge in [-0.1, -0.05) is 30.3 Å². The van der Waals surface area contributed by atoms with Crippen LogP contribution in [0.25, 0.3) is 0 Å². The summed E-state index contributed by atoms with van der Waals surface area (Å²) in [7, 11) is 5.71. The summed E-state index contributed by atoms with van der Waals surface area (Å²) in [5, 5.41) is 8.67. The van der Waals surface area contributed by atoms with Gasteiger partial charge in [0.15, 0.2) is 0 Å². The van der Waals surface area contributed by atoms with Crippen molar-refractivity contribution in [2.24, 2.45) is 7.05 Å². The minimum atomic E-state index is -0.272. The van der Waals surface area contributed by atoms with Gasteiger partial charge >= 0.3 is 0 Å². The minimum Gasteiger partial charge on any atom is -0.489 e. The van der Waals surface area contributed by atoms with Crippen molar-refractivity contribution in [3.05, 3.63) is 90.2 Å². The van der Waals surface area contributed by atoms with Gasteiger partial charge in [-0.2, -0.15) is 0 Å². The van der Waals surface area contributed by atoms with Crippen molar-refractivity contribution < 1.29 is 9.13 Å². The monoisotopic (exact) mass is 417 g/mol. The standard InChI is InChI=1S/C24H24FN5O/c1-28(20-11-9-19(25)10-12-20)23-26-27-24(30(23)3)29(2)21-13-15-22(16-14-21)31-17-18-7-5-4-6-8-18/h4-16H,17H2,1-3H3. The van der Waals surface area contributed by atoms with Crippen LogP contribution in [0.1, 0.15) is 5.56 Å². The third kappa shape index (κ3) is 4.50. The van der Waals surface area contributed by atoms with E-state index in [4.69, 9.17) is 4.74 Å². The van der Waals surface area contributed by atoms with E-state index in [-0.39, 0.29) is 5.82 Å². The van der Waals surface area contributed by atoms with Crippen LogP contribution < -0.4 is 14.5 Å². The first-order valence-corrected chi connectivity index (χ1v) is 9.92. The molecule has 0 amide bonds. The molecule has 0 atom stereocenters. The quantitative estimate of drug-likeness (QED) is 0.420. The van der Waals surface area contributed by atoms with Crippen molar-refractivity contribution in [3.63, 3.8) is 0 Å². The predicted molar refractivity (Wildman–Crippen MR) is 121 cm³/mol. The highest BCUT2D eigenvalue weighted by Crippen LogP contribution is 2.28. The Morgan fingerprint density at radius 2 is 1.29 bits per heavy atom. The lowest BCUT2D eigenvalue weighted by atomic mass is 10.2. The number of halogens is 1. The van der Waals surface area contributed by atoms with E-state index >= 15 is 0 Å². The van der Waals surface area contributed by atoms with Gasteiger partial charge in [-0.05, 0) is 54.1 Å². The lowest BCUT2D eigenvalue weighted by Gasteiger charge is -2.21. The maximum Gasteiger partial charge on any atom is 0.232 e. The Morgan fingerprint density at radius 3 is 1.84 bits per heavy atom. The summed E-state index contributed by atoms with van der Waals surface area (Å²) in [6.45, 7) is 0.526. The summed E-state index contributed by atoms with van der Waals surface area (Å²) in [4.78, 5) is 3.82. The molecule has 0 fully saturated rings. The van der Waals surface area contributed by atoms with E-state index in [1.165, 1.54) is 12.1 Å². The van der Waals surface area contributed by atoms with Gasteiger partial charge in [-0.15, -0.1) is 10.2 Å². The molecule has 0 bridgehead atoms. The number of ether oxygens (including phenoxy) is 1. The van der Waals surface area contributed by atoms with Crippen LogP contribution in [0.2, 0.25) is 0 Å². The van der Waals surface area contributed by atoms with E-state index < -0.39 is 0 Å². The van der Waals surface area contributed by atoms with Gasteiger partial charge in [0.2, 0.25) is 11.9 Å². The third-order valence-corrected chi connectivity index (χ3v) is 5.12. The zero-order valence-corrected chi connectivity index (χ0v) is 17.7. The lowest BCUT2D eigenvalue weighted by Crippen LogP contribution is -2.18. The molecule has 7 heteroatoms. The molecule has 0 aliphatic carbocycles. The molecule has 4 rings (SSSR count). The highest BCUT2D eigenvalue weighted by Gasteiger charge is 2.18. The van der Waals surface area contributed by atoms with Gasteiger partial charge in [-0.25, -0.2) is 4.39 Å². The Bertz CT molecular complexity index is 1130. The molecule has 158 valence electrons. The Hall–Kier alpha value is -3.87. The fourth-order valence-corrected chi connectivity index (χ4v) is 3.30. The van der Waals surface area contributed by atoms with Crippen LogP contribution in [0.4, 0.5) is 27.7 Å². The Balaban J connectivity index is 1.47. The summed E-state index contributed by atoms with van der Waals surface area (Å²) in [6.07, 6.45) is 0. The van der Waals surface area contributed by atoms with Gasteiger partial charge < -0.3 is 14.5 Å². The van der Waals surface area contributed by atoms with Crippen molar-refractivity contribution in [1.82, 2.24) is 14.8 Å². The molecule has 6 nitrogen and oxygen atoms in total. The van der Waals surface area contributed by atoms with Gasteiger partial charge in [0.05, 0.1) is 0 Å². The normalized spacial score (nSPS) is 10.7. The zero-order chi connectivity index (χ0) is 21.8. The number of nitrogens with zero attached hydrogens (tertiary/aromatic N) is 5. The van der Waals surface area contributed by atoms with Crippen LogP contribution in [-0.4, -0.2) is 28.9 Å². The number of anilines is 4. The molecule has 0 saturated carbocycles. The van der Waals surface area contributed by atoms with Crippen LogP contribution in [0.5, 0.6) is 5.75 Å². The average Bonchev–Trinajstić information content (AvgIpc) is 3.19. The fraction of sp³-hybridized carbons (Fsp3) is 0.167. The molecule has 4 aromatic rings. The van der Waals surface area contributed by atoms with Gasteiger partial charge in [0, 0.05) is 32.5 Å². The molecule has 3 aromatic carbocycles. The van der Waals surface area contributed by atoms with Crippen molar-refractivity contribution in [3.8, 4) is 5.75 Å². The fourth-order valence-electron chi connectivity index (χ4n) is 3.30. The van der Waals surface area contributed by atoms with E-state index in [2.05, 4.69) is 10.2 Å². The van der Waals surface area contributed by atoms with E-state index in [1.54, 1.807) is 12.1 Å². The first-order chi connectivity index (χ1) is 15.0. The molecule has 31 heavy (non-hydrogen) atoms. The highest BCUT2D eigenvalue weighted by molar-refractivity contribution is 5.62. The SMILES string of the molecule is CN(c1ccc(F)cc1)c1nnc(N(C)c2ccc(OCc3ccccc3)cc2)n1C. The highest BCUT2D eigenvalue weighted by atomic mass is 19.1. The Kier molecular flexibility index (Phi) is 5.84. The van der Waals surface area contributed by atoms with Gasteiger partial charge in [0.25, 0.3) is 0 Å². The smallest absolute Gasteiger partial charge is 0.232 e. The predicted octanol–water partition coefficient (Wildman–Crippen LogP) is 5.07. The van der Waals surface area contributed by atoms with Crippen molar-refractivity contribution in [2.45, 2.75) is 6.61 Å². The number of hydrogen-bond acceptors (Lipinski definition) is 5. The number of rotatable bonds is 7. The molecule has 1 aromatic heterocycles. The maximum atomic E-state index is 13.2. The van der Waals surface area contributed by atoms with Gasteiger partial charge in [-0.3, -0.25) is 4.57 Å².